The molecule has 0 saturated carbocycles. The smallest absolute Gasteiger partial charge is 0.126 e. The SMILES string of the molecule is NC(Cc1cc(Cl)ccc1F)c1ccccc1Br. The van der Waals surface area contributed by atoms with Crippen molar-refractivity contribution in [1.29, 1.82) is 0 Å². The van der Waals surface area contributed by atoms with E-state index in [0.29, 0.717) is 17.0 Å². The quantitative estimate of drug-likeness (QED) is 0.883. The zero-order valence-electron chi connectivity index (χ0n) is 9.54. The third-order valence-electron chi connectivity index (χ3n) is 2.75. The Morgan fingerprint density at radius 1 is 1.22 bits per heavy atom. The fourth-order valence-electron chi connectivity index (χ4n) is 1.82. The van der Waals surface area contributed by atoms with Crippen molar-refractivity contribution in [3.8, 4) is 0 Å². The number of rotatable bonds is 3. The summed E-state index contributed by atoms with van der Waals surface area (Å²) in [6.45, 7) is 0. The third-order valence-corrected chi connectivity index (χ3v) is 3.71. The second kappa shape index (κ2) is 5.83. The van der Waals surface area contributed by atoms with Crippen LogP contribution in [0.25, 0.3) is 0 Å². The highest BCUT2D eigenvalue weighted by molar-refractivity contribution is 9.10. The van der Waals surface area contributed by atoms with Crippen LogP contribution in [0.2, 0.25) is 5.02 Å². The Morgan fingerprint density at radius 2 is 1.94 bits per heavy atom. The van der Waals surface area contributed by atoms with Crippen LogP contribution in [0.1, 0.15) is 17.2 Å². The molecule has 0 saturated heterocycles. The standard InChI is InChI=1S/C14H12BrClFN/c15-12-4-2-1-3-11(12)14(18)8-9-7-10(16)5-6-13(9)17/h1-7,14H,8,18H2. The van der Waals surface area contributed by atoms with Crippen molar-refractivity contribution in [3.63, 3.8) is 0 Å². The van der Waals surface area contributed by atoms with Gasteiger partial charge < -0.3 is 5.73 Å². The number of nitrogens with two attached hydrogens (primary N) is 1. The van der Waals surface area contributed by atoms with Crippen molar-refractivity contribution >= 4 is 27.5 Å². The fraction of sp³-hybridized carbons (Fsp3) is 0.143. The molecule has 1 atom stereocenters. The summed E-state index contributed by atoms with van der Waals surface area (Å²) in [7, 11) is 0. The Kier molecular flexibility index (Phi) is 4.38. The minimum absolute atomic E-state index is 0.270. The molecule has 0 aliphatic heterocycles. The van der Waals surface area contributed by atoms with Crippen LogP contribution in [0.4, 0.5) is 4.39 Å². The molecule has 0 spiro atoms. The summed E-state index contributed by atoms with van der Waals surface area (Å²) in [5.74, 6) is -0.276. The van der Waals surface area contributed by atoms with Crippen LogP contribution >= 0.6 is 27.5 Å². The van der Waals surface area contributed by atoms with E-state index in [1.807, 2.05) is 24.3 Å². The Balaban J connectivity index is 2.24. The third kappa shape index (κ3) is 3.10. The second-order valence-corrected chi connectivity index (χ2v) is 5.36. The highest BCUT2D eigenvalue weighted by Crippen LogP contribution is 2.26. The van der Waals surface area contributed by atoms with Gasteiger partial charge >= 0.3 is 0 Å². The molecule has 18 heavy (non-hydrogen) atoms. The average molecular weight is 329 g/mol. The largest absolute Gasteiger partial charge is 0.324 e. The molecule has 0 aliphatic carbocycles. The first-order valence-electron chi connectivity index (χ1n) is 5.52. The van der Waals surface area contributed by atoms with E-state index in [4.69, 9.17) is 17.3 Å². The van der Waals surface area contributed by atoms with Gasteiger partial charge in [-0.25, -0.2) is 4.39 Å². The lowest BCUT2D eigenvalue weighted by Gasteiger charge is -2.14. The van der Waals surface area contributed by atoms with Gasteiger partial charge in [0, 0.05) is 15.5 Å². The van der Waals surface area contributed by atoms with Gasteiger partial charge in [-0.3, -0.25) is 0 Å². The molecule has 4 heteroatoms. The Labute approximate surface area is 119 Å². The number of halogens is 3. The van der Waals surface area contributed by atoms with Crippen molar-refractivity contribution < 1.29 is 4.39 Å². The predicted molar refractivity (Wildman–Crippen MR) is 76.2 cm³/mol. The molecule has 2 aromatic rings. The molecular formula is C14H12BrClFN. The van der Waals surface area contributed by atoms with Crippen molar-refractivity contribution in [2.45, 2.75) is 12.5 Å². The average Bonchev–Trinajstić information content (AvgIpc) is 2.34. The molecule has 0 aromatic heterocycles. The second-order valence-electron chi connectivity index (χ2n) is 4.07. The molecule has 2 rings (SSSR count). The molecule has 0 aliphatic rings. The van der Waals surface area contributed by atoms with E-state index in [2.05, 4.69) is 15.9 Å². The summed E-state index contributed by atoms with van der Waals surface area (Å²) in [6, 6.07) is 11.9. The zero-order chi connectivity index (χ0) is 13.1. The molecule has 0 heterocycles. The van der Waals surface area contributed by atoms with Gasteiger partial charge in [0.1, 0.15) is 5.82 Å². The van der Waals surface area contributed by atoms with Crippen LogP contribution in [0, 0.1) is 5.82 Å². The normalized spacial score (nSPS) is 12.4. The predicted octanol–water partition coefficient (Wildman–Crippen LogP) is 4.48. The van der Waals surface area contributed by atoms with E-state index in [1.54, 1.807) is 6.07 Å². The fourth-order valence-corrected chi connectivity index (χ4v) is 2.60. The summed E-state index contributed by atoms with van der Waals surface area (Å²) in [5.41, 5.74) is 7.60. The van der Waals surface area contributed by atoms with E-state index in [9.17, 15) is 4.39 Å². The van der Waals surface area contributed by atoms with E-state index in [1.165, 1.54) is 12.1 Å². The summed E-state index contributed by atoms with van der Waals surface area (Å²) >= 11 is 9.30. The number of benzene rings is 2. The Morgan fingerprint density at radius 3 is 2.67 bits per heavy atom. The maximum absolute atomic E-state index is 13.6. The van der Waals surface area contributed by atoms with Crippen LogP contribution in [-0.4, -0.2) is 0 Å². The summed E-state index contributed by atoms with van der Waals surface area (Å²) in [5, 5.41) is 0.519. The first-order valence-corrected chi connectivity index (χ1v) is 6.69. The van der Waals surface area contributed by atoms with Crippen LogP contribution in [0.15, 0.2) is 46.9 Å². The first-order chi connectivity index (χ1) is 8.58. The minimum atomic E-state index is -0.276. The molecule has 1 nitrogen and oxygen atoms in total. The van der Waals surface area contributed by atoms with Crippen molar-refractivity contribution in [2.24, 2.45) is 5.73 Å². The zero-order valence-corrected chi connectivity index (χ0v) is 11.9. The lowest BCUT2D eigenvalue weighted by atomic mass is 9.99. The molecule has 94 valence electrons. The molecule has 0 amide bonds. The molecule has 1 unspecified atom stereocenters. The first kappa shape index (κ1) is 13.5. The molecule has 2 aromatic carbocycles. The highest BCUT2D eigenvalue weighted by Gasteiger charge is 2.13. The lowest BCUT2D eigenvalue weighted by molar-refractivity contribution is 0.593. The molecule has 0 fully saturated rings. The van der Waals surface area contributed by atoms with Crippen LogP contribution in [0.3, 0.4) is 0 Å². The maximum Gasteiger partial charge on any atom is 0.126 e. The summed E-state index contributed by atoms with van der Waals surface area (Å²) < 4.78 is 14.6. The van der Waals surface area contributed by atoms with Crippen LogP contribution in [0.5, 0.6) is 0 Å². The van der Waals surface area contributed by atoms with Gasteiger partial charge in [-0.05, 0) is 41.8 Å². The van der Waals surface area contributed by atoms with E-state index < -0.39 is 0 Å². The monoisotopic (exact) mass is 327 g/mol. The van der Waals surface area contributed by atoms with Gasteiger partial charge in [0.15, 0.2) is 0 Å². The van der Waals surface area contributed by atoms with Crippen LogP contribution < -0.4 is 5.73 Å². The summed E-state index contributed by atoms with van der Waals surface area (Å²) in [6.07, 6.45) is 0.412. The topological polar surface area (TPSA) is 26.0 Å². The van der Waals surface area contributed by atoms with Gasteiger partial charge in [0.05, 0.1) is 0 Å². The number of hydrogen-bond donors (Lipinski definition) is 1. The van der Waals surface area contributed by atoms with Gasteiger partial charge in [-0.15, -0.1) is 0 Å². The Bertz CT molecular complexity index is 559. The maximum atomic E-state index is 13.6. The van der Waals surface area contributed by atoms with Crippen molar-refractivity contribution in [2.75, 3.05) is 0 Å². The molecular weight excluding hydrogens is 317 g/mol. The lowest BCUT2D eigenvalue weighted by Crippen LogP contribution is -2.14. The van der Waals surface area contributed by atoms with Gasteiger partial charge in [0.2, 0.25) is 0 Å². The van der Waals surface area contributed by atoms with E-state index in [-0.39, 0.29) is 11.9 Å². The van der Waals surface area contributed by atoms with Crippen LogP contribution in [-0.2, 0) is 6.42 Å². The molecule has 2 N–H and O–H groups in total. The van der Waals surface area contributed by atoms with Crippen molar-refractivity contribution in [1.82, 2.24) is 0 Å². The summed E-state index contributed by atoms with van der Waals surface area (Å²) in [4.78, 5) is 0. The van der Waals surface area contributed by atoms with Crippen molar-refractivity contribution in [3.05, 3.63) is 68.9 Å². The van der Waals surface area contributed by atoms with Gasteiger partial charge in [0.25, 0.3) is 0 Å². The van der Waals surface area contributed by atoms with E-state index in [0.717, 1.165) is 10.0 Å². The molecule has 0 radical (unpaired) electrons. The Hall–Kier alpha value is -0.900. The van der Waals surface area contributed by atoms with Gasteiger partial charge in [-0.1, -0.05) is 45.7 Å². The molecule has 0 bridgehead atoms. The highest BCUT2D eigenvalue weighted by atomic mass is 79.9. The minimum Gasteiger partial charge on any atom is -0.324 e. The number of hydrogen-bond acceptors (Lipinski definition) is 1. The van der Waals surface area contributed by atoms with E-state index >= 15 is 0 Å². The van der Waals surface area contributed by atoms with Gasteiger partial charge in [-0.2, -0.15) is 0 Å².